The molecule has 1 N–H and O–H groups in total. The number of aryl methyl sites for hydroxylation is 2. The Kier molecular flexibility index (Phi) is 3.87. The molecule has 0 spiro atoms. The predicted molar refractivity (Wildman–Crippen MR) is 76.8 cm³/mol. The van der Waals surface area contributed by atoms with E-state index in [1.54, 1.807) is 0 Å². The van der Waals surface area contributed by atoms with E-state index in [1.807, 2.05) is 39.1 Å². The molecule has 0 aliphatic rings. The highest BCUT2D eigenvalue weighted by atomic mass is 15.1. The molecule has 100 valence electrons. The summed E-state index contributed by atoms with van der Waals surface area (Å²) >= 11 is 0. The highest BCUT2D eigenvalue weighted by Crippen LogP contribution is 2.18. The maximum Gasteiger partial charge on any atom is 0.106 e. The molecule has 4 nitrogen and oxygen atoms in total. The zero-order valence-electron chi connectivity index (χ0n) is 11.8. The summed E-state index contributed by atoms with van der Waals surface area (Å²) in [6, 6.07) is 10.5. The van der Waals surface area contributed by atoms with Gasteiger partial charge in [-0.05, 0) is 45.9 Å². The first-order valence-corrected chi connectivity index (χ1v) is 6.62. The Hall–Kier alpha value is -1.86. The summed E-state index contributed by atoms with van der Waals surface area (Å²) in [4.78, 5) is 4.55. The minimum atomic E-state index is -0.440. The van der Waals surface area contributed by atoms with Crippen molar-refractivity contribution in [3.63, 3.8) is 0 Å². The quantitative estimate of drug-likeness (QED) is 0.894. The molecule has 1 atom stereocenters. The fourth-order valence-electron chi connectivity index (χ4n) is 2.31. The predicted octanol–water partition coefficient (Wildman–Crippen LogP) is 2.63. The zero-order valence-corrected chi connectivity index (χ0v) is 11.8. The first kappa shape index (κ1) is 13.6. The Morgan fingerprint density at radius 3 is 2.84 bits per heavy atom. The van der Waals surface area contributed by atoms with Crippen molar-refractivity contribution < 1.29 is 0 Å². The van der Waals surface area contributed by atoms with Gasteiger partial charge in [-0.2, -0.15) is 5.26 Å². The second-order valence-corrected chi connectivity index (χ2v) is 5.10. The van der Waals surface area contributed by atoms with Crippen LogP contribution in [0.25, 0.3) is 11.0 Å². The molecule has 4 heteroatoms. The number of aromatic nitrogens is 2. The molecule has 1 aromatic heterocycles. The number of fused-ring (bicyclic) bond motifs is 1. The normalized spacial score (nSPS) is 14.2. The van der Waals surface area contributed by atoms with E-state index in [-0.39, 0.29) is 0 Å². The van der Waals surface area contributed by atoms with Crippen LogP contribution in [0.2, 0.25) is 0 Å². The summed E-state index contributed by atoms with van der Waals surface area (Å²) in [5.74, 6) is 1.03. The van der Waals surface area contributed by atoms with Gasteiger partial charge in [-0.1, -0.05) is 12.1 Å². The first-order valence-electron chi connectivity index (χ1n) is 6.62. The smallest absolute Gasteiger partial charge is 0.106 e. The minimum Gasteiger partial charge on any atom is -0.328 e. The number of hydrogen-bond donors (Lipinski definition) is 1. The lowest BCUT2D eigenvalue weighted by atomic mass is 9.98. The number of nitriles is 1. The maximum atomic E-state index is 9.14. The molecular weight excluding hydrogens is 236 g/mol. The molecule has 2 aromatic rings. The van der Waals surface area contributed by atoms with Crippen LogP contribution in [-0.4, -0.2) is 22.1 Å². The van der Waals surface area contributed by atoms with Gasteiger partial charge in [0.05, 0.1) is 17.1 Å². The van der Waals surface area contributed by atoms with Gasteiger partial charge in [0.2, 0.25) is 0 Å². The molecule has 0 saturated heterocycles. The summed E-state index contributed by atoms with van der Waals surface area (Å²) < 4.78 is 2.22. The van der Waals surface area contributed by atoms with Crippen LogP contribution in [0.3, 0.4) is 0 Å². The monoisotopic (exact) mass is 256 g/mol. The second kappa shape index (κ2) is 5.41. The van der Waals surface area contributed by atoms with Crippen molar-refractivity contribution in [2.45, 2.75) is 38.8 Å². The Morgan fingerprint density at radius 2 is 2.16 bits per heavy atom. The lowest BCUT2D eigenvalue weighted by Crippen LogP contribution is -2.38. The first-order chi connectivity index (χ1) is 9.09. The molecule has 1 heterocycles. The van der Waals surface area contributed by atoms with Crippen LogP contribution in [0, 0.1) is 18.3 Å². The van der Waals surface area contributed by atoms with E-state index in [0.717, 1.165) is 30.7 Å². The molecule has 0 amide bonds. The number of imidazole rings is 1. The van der Waals surface area contributed by atoms with Gasteiger partial charge in [0.25, 0.3) is 0 Å². The Morgan fingerprint density at radius 1 is 1.42 bits per heavy atom. The zero-order chi connectivity index (χ0) is 13.9. The summed E-state index contributed by atoms with van der Waals surface area (Å²) in [6.45, 7) is 4.86. The Labute approximate surface area is 114 Å². The maximum absolute atomic E-state index is 9.14. The van der Waals surface area contributed by atoms with Gasteiger partial charge in [0, 0.05) is 6.54 Å². The molecule has 0 fully saturated rings. The molecular formula is C15H20N4. The fraction of sp³-hybridized carbons (Fsp3) is 0.467. The van der Waals surface area contributed by atoms with E-state index in [0.29, 0.717) is 0 Å². The van der Waals surface area contributed by atoms with Crippen LogP contribution in [0.15, 0.2) is 24.3 Å². The number of nitrogens with zero attached hydrogens (tertiary/aromatic N) is 3. The third kappa shape index (κ3) is 2.77. The number of nitrogens with one attached hydrogen (secondary N) is 1. The van der Waals surface area contributed by atoms with Crippen LogP contribution < -0.4 is 5.32 Å². The number of rotatable bonds is 5. The minimum absolute atomic E-state index is 0.440. The van der Waals surface area contributed by atoms with Crippen LogP contribution >= 0.6 is 0 Å². The van der Waals surface area contributed by atoms with Crippen molar-refractivity contribution >= 4 is 11.0 Å². The summed E-state index contributed by atoms with van der Waals surface area (Å²) in [5.41, 5.74) is 1.77. The van der Waals surface area contributed by atoms with Crippen molar-refractivity contribution in [2.24, 2.45) is 0 Å². The van der Waals surface area contributed by atoms with Crippen LogP contribution in [-0.2, 0) is 6.54 Å². The highest BCUT2D eigenvalue weighted by molar-refractivity contribution is 5.75. The van der Waals surface area contributed by atoms with Gasteiger partial charge in [0.1, 0.15) is 11.4 Å². The van der Waals surface area contributed by atoms with Gasteiger partial charge in [0.15, 0.2) is 0 Å². The van der Waals surface area contributed by atoms with E-state index >= 15 is 0 Å². The van der Waals surface area contributed by atoms with Gasteiger partial charge < -0.3 is 9.88 Å². The average Bonchev–Trinajstić information content (AvgIpc) is 2.75. The van der Waals surface area contributed by atoms with Crippen molar-refractivity contribution in [2.75, 3.05) is 7.05 Å². The number of para-hydroxylation sites is 2. The standard InChI is InChI=1S/C15H20N4/c1-12-18-13-7-4-5-8-14(13)19(12)10-6-9-15(2,11-16)17-3/h4-5,7-8,17H,6,9-10H2,1-3H3. The van der Waals surface area contributed by atoms with Gasteiger partial charge >= 0.3 is 0 Å². The third-order valence-corrected chi connectivity index (χ3v) is 3.70. The lowest BCUT2D eigenvalue weighted by molar-refractivity contribution is 0.424. The van der Waals surface area contributed by atoms with E-state index in [2.05, 4.69) is 27.0 Å². The molecule has 1 aromatic carbocycles. The molecule has 19 heavy (non-hydrogen) atoms. The molecule has 0 aliphatic carbocycles. The van der Waals surface area contributed by atoms with Crippen molar-refractivity contribution in [1.29, 1.82) is 5.26 Å². The summed E-state index contributed by atoms with van der Waals surface area (Å²) in [7, 11) is 1.83. The Bertz CT molecular complexity index is 608. The van der Waals surface area contributed by atoms with Gasteiger partial charge in [-0.3, -0.25) is 0 Å². The molecule has 0 radical (unpaired) electrons. The largest absolute Gasteiger partial charge is 0.328 e. The van der Waals surface area contributed by atoms with Crippen molar-refractivity contribution in [1.82, 2.24) is 14.9 Å². The number of benzene rings is 1. The summed E-state index contributed by atoms with van der Waals surface area (Å²) in [5, 5.41) is 12.2. The van der Waals surface area contributed by atoms with E-state index in [4.69, 9.17) is 5.26 Å². The molecule has 2 rings (SSSR count). The van der Waals surface area contributed by atoms with Crippen LogP contribution in [0.1, 0.15) is 25.6 Å². The Balaban J connectivity index is 2.11. The van der Waals surface area contributed by atoms with Crippen LogP contribution in [0.5, 0.6) is 0 Å². The van der Waals surface area contributed by atoms with Gasteiger partial charge in [-0.15, -0.1) is 0 Å². The molecule has 0 bridgehead atoms. The van der Waals surface area contributed by atoms with Crippen molar-refractivity contribution in [3.8, 4) is 6.07 Å². The van der Waals surface area contributed by atoms with Crippen LogP contribution in [0.4, 0.5) is 0 Å². The van der Waals surface area contributed by atoms with Crippen molar-refractivity contribution in [3.05, 3.63) is 30.1 Å². The van der Waals surface area contributed by atoms with E-state index in [1.165, 1.54) is 5.52 Å². The molecule has 0 aliphatic heterocycles. The molecule has 0 saturated carbocycles. The second-order valence-electron chi connectivity index (χ2n) is 5.10. The van der Waals surface area contributed by atoms with Gasteiger partial charge in [-0.25, -0.2) is 4.98 Å². The fourth-order valence-corrected chi connectivity index (χ4v) is 2.31. The summed E-state index contributed by atoms with van der Waals surface area (Å²) in [6.07, 6.45) is 1.78. The SMILES string of the molecule is CNC(C)(C#N)CCCn1c(C)nc2ccccc21. The lowest BCUT2D eigenvalue weighted by Gasteiger charge is -2.20. The molecule has 1 unspecified atom stereocenters. The third-order valence-electron chi connectivity index (χ3n) is 3.70. The number of hydrogen-bond acceptors (Lipinski definition) is 3. The highest BCUT2D eigenvalue weighted by Gasteiger charge is 2.20. The average molecular weight is 256 g/mol. The topological polar surface area (TPSA) is 53.6 Å². The van der Waals surface area contributed by atoms with E-state index < -0.39 is 5.54 Å². The van der Waals surface area contributed by atoms with E-state index in [9.17, 15) is 0 Å².